The van der Waals surface area contributed by atoms with Gasteiger partial charge in [-0.25, -0.2) is 9.82 Å². The maximum absolute atomic E-state index is 13.0. The number of benzene rings is 3. The zero-order valence-electron chi connectivity index (χ0n) is 19.6. The molecule has 0 saturated carbocycles. The number of hydrogen-bond donors (Lipinski definition) is 2. The first-order chi connectivity index (χ1) is 18.2. The third-order valence-corrected chi connectivity index (χ3v) is 5.63. The van der Waals surface area contributed by atoms with Gasteiger partial charge in [-0.1, -0.05) is 0 Å². The van der Waals surface area contributed by atoms with Crippen molar-refractivity contribution >= 4 is 56.3 Å². The third-order valence-electron chi connectivity index (χ3n) is 5.04. The molecule has 0 aliphatic rings. The number of non-ortho nitro benzene ring substituents is 1. The minimum atomic E-state index is -0.654. The zero-order valence-corrected chi connectivity index (χ0v) is 21.2. The fraction of sp³-hybridized carbons (Fsp3) is 0.0800. The number of rotatable bonds is 9. The first-order valence-corrected chi connectivity index (χ1v) is 11.6. The lowest BCUT2D eigenvalue weighted by Crippen LogP contribution is -2.20. The number of anilines is 1. The fourth-order valence-corrected chi connectivity index (χ4v) is 3.87. The van der Waals surface area contributed by atoms with Crippen LogP contribution in [0.2, 0.25) is 0 Å². The number of amides is 2. The van der Waals surface area contributed by atoms with Gasteiger partial charge in [0.1, 0.15) is 11.4 Å². The predicted molar refractivity (Wildman–Crippen MR) is 139 cm³/mol. The molecule has 13 heteroatoms. The molecular weight excluding hydrogens is 567 g/mol. The van der Waals surface area contributed by atoms with Crippen molar-refractivity contribution in [3.8, 4) is 11.5 Å². The van der Waals surface area contributed by atoms with Crippen LogP contribution in [0.25, 0.3) is 11.0 Å². The second kappa shape index (κ2) is 11.5. The second-order valence-electron chi connectivity index (χ2n) is 7.67. The van der Waals surface area contributed by atoms with Gasteiger partial charge in [0.15, 0.2) is 23.9 Å². The molecule has 2 amide bonds. The highest BCUT2D eigenvalue weighted by atomic mass is 79.9. The van der Waals surface area contributed by atoms with E-state index in [-0.39, 0.29) is 23.8 Å². The van der Waals surface area contributed by atoms with Gasteiger partial charge < -0.3 is 19.2 Å². The Bertz CT molecular complexity index is 1550. The number of methoxy groups -OCH3 is 1. The summed E-state index contributed by atoms with van der Waals surface area (Å²) in [4.78, 5) is 35.0. The van der Waals surface area contributed by atoms with Crippen LogP contribution in [0.1, 0.15) is 16.1 Å². The molecule has 0 radical (unpaired) electrons. The van der Waals surface area contributed by atoms with Gasteiger partial charge in [0, 0.05) is 23.2 Å². The lowest BCUT2D eigenvalue weighted by molar-refractivity contribution is -0.384. The first-order valence-electron chi connectivity index (χ1n) is 10.8. The summed E-state index contributed by atoms with van der Waals surface area (Å²) in [5.41, 5.74) is 3.47. The van der Waals surface area contributed by atoms with Crippen molar-refractivity contribution in [3.63, 3.8) is 0 Å². The number of carbonyl (C=O) groups is 2. The van der Waals surface area contributed by atoms with Gasteiger partial charge >= 0.3 is 5.91 Å². The van der Waals surface area contributed by atoms with Gasteiger partial charge in [-0.3, -0.25) is 19.7 Å². The molecule has 0 bridgehead atoms. The molecule has 0 spiro atoms. The Labute approximate surface area is 222 Å². The average molecular weight is 585 g/mol. The maximum atomic E-state index is 13.0. The molecule has 4 aromatic rings. The summed E-state index contributed by atoms with van der Waals surface area (Å²) in [6.07, 6.45) is 1.35. The van der Waals surface area contributed by atoms with Gasteiger partial charge in [0.05, 0.1) is 22.7 Å². The smallest absolute Gasteiger partial charge is 0.307 e. The molecule has 1 heterocycles. The summed E-state index contributed by atoms with van der Waals surface area (Å²) in [6.45, 7) is -0.337. The quantitative estimate of drug-likeness (QED) is 0.159. The van der Waals surface area contributed by atoms with Crippen LogP contribution in [0.5, 0.6) is 11.5 Å². The summed E-state index contributed by atoms with van der Waals surface area (Å²) in [5, 5.41) is 17.8. The molecule has 11 nitrogen and oxygen atoms in total. The van der Waals surface area contributed by atoms with E-state index in [1.807, 2.05) is 0 Å². The van der Waals surface area contributed by atoms with Crippen molar-refractivity contribution in [1.82, 2.24) is 5.43 Å². The van der Waals surface area contributed by atoms with E-state index in [0.29, 0.717) is 32.4 Å². The Morgan fingerprint density at radius 3 is 2.63 bits per heavy atom. The summed E-state index contributed by atoms with van der Waals surface area (Å²) in [7, 11) is 1.42. The normalized spacial score (nSPS) is 10.9. The van der Waals surface area contributed by atoms with Crippen molar-refractivity contribution in [1.29, 1.82) is 0 Å². The number of fused-ring (bicyclic) bond motifs is 1. The standard InChI is InChI=1S/C25H18BrFN4O7/c1-36-21-9-14(8-19(26)24(21)37-13-23(32)29-17-4-2-16(27)3-5-17)12-28-30-25(33)22-11-15-10-18(31(34)35)6-7-20(15)38-22/h2-12H,13H2,1H3,(H,29,32)(H,30,33)/b28-12-. The minimum Gasteiger partial charge on any atom is -0.493 e. The van der Waals surface area contributed by atoms with Gasteiger partial charge in [-0.05, 0) is 70.0 Å². The Morgan fingerprint density at radius 2 is 1.92 bits per heavy atom. The number of ether oxygens (including phenoxy) is 2. The zero-order chi connectivity index (χ0) is 27.2. The summed E-state index contributed by atoms with van der Waals surface area (Å²) >= 11 is 3.37. The van der Waals surface area contributed by atoms with Crippen LogP contribution in [0.4, 0.5) is 15.8 Å². The number of halogens is 2. The molecule has 38 heavy (non-hydrogen) atoms. The Kier molecular flexibility index (Phi) is 7.97. The van der Waals surface area contributed by atoms with Crippen molar-refractivity contribution in [2.24, 2.45) is 5.10 Å². The number of nitro benzene ring substituents is 1. The third kappa shape index (κ3) is 6.31. The number of hydrazone groups is 1. The highest BCUT2D eigenvalue weighted by molar-refractivity contribution is 9.10. The van der Waals surface area contributed by atoms with Crippen LogP contribution >= 0.6 is 15.9 Å². The topological polar surface area (TPSA) is 145 Å². The molecule has 2 N–H and O–H groups in total. The van der Waals surface area contributed by atoms with E-state index in [1.165, 1.54) is 61.9 Å². The summed E-state index contributed by atoms with van der Waals surface area (Å²) < 4.78 is 29.8. The summed E-state index contributed by atoms with van der Waals surface area (Å²) in [6, 6.07) is 13.9. The maximum Gasteiger partial charge on any atom is 0.307 e. The molecule has 3 aromatic carbocycles. The van der Waals surface area contributed by atoms with E-state index in [9.17, 15) is 24.1 Å². The van der Waals surface area contributed by atoms with Crippen LogP contribution < -0.4 is 20.2 Å². The number of nitro groups is 1. The SMILES string of the molecule is COc1cc(/C=N\NC(=O)c2cc3cc([N+](=O)[O-])ccc3o2)cc(Br)c1OCC(=O)Nc1ccc(F)cc1. The molecule has 1 aromatic heterocycles. The molecule has 194 valence electrons. The molecule has 0 aliphatic heterocycles. The number of carbonyl (C=O) groups excluding carboxylic acids is 2. The van der Waals surface area contributed by atoms with E-state index in [2.05, 4.69) is 31.8 Å². The minimum absolute atomic E-state index is 0.0703. The Hall–Kier alpha value is -4.78. The number of nitrogens with zero attached hydrogens (tertiary/aromatic N) is 2. The number of hydrogen-bond acceptors (Lipinski definition) is 8. The first kappa shape index (κ1) is 26.3. The fourth-order valence-electron chi connectivity index (χ4n) is 3.30. The monoisotopic (exact) mass is 584 g/mol. The lowest BCUT2D eigenvalue weighted by atomic mass is 10.2. The number of nitrogens with one attached hydrogen (secondary N) is 2. The van der Waals surface area contributed by atoms with Crippen molar-refractivity contribution in [3.05, 3.63) is 92.4 Å². The van der Waals surface area contributed by atoms with Crippen LogP contribution in [-0.4, -0.2) is 36.7 Å². The second-order valence-corrected chi connectivity index (χ2v) is 8.52. The van der Waals surface area contributed by atoms with Crippen LogP contribution in [0.15, 0.2) is 74.7 Å². The van der Waals surface area contributed by atoms with E-state index < -0.39 is 22.6 Å². The van der Waals surface area contributed by atoms with Crippen molar-refractivity contribution in [2.75, 3.05) is 19.0 Å². The predicted octanol–water partition coefficient (Wildman–Crippen LogP) is 5.03. The number of furan rings is 1. The van der Waals surface area contributed by atoms with Crippen molar-refractivity contribution in [2.45, 2.75) is 0 Å². The molecule has 4 rings (SSSR count). The van der Waals surface area contributed by atoms with Gasteiger partial charge in [0.25, 0.3) is 11.6 Å². The van der Waals surface area contributed by atoms with Gasteiger partial charge in [-0.15, -0.1) is 0 Å². The molecular formula is C25H18BrFN4O7. The molecule has 0 atom stereocenters. The Balaban J connectivity index is 1.39. The molecule has 0 fully saturated rings. The average Bonchev–Trinajstić information content (AvgIpc) is 3.33. The highest BCUT2D eigenvalue weighted by Gasteiger charge is 2.16. The highest BCUT2D eigenvalue weighted by Crippen LogP contribution is 2.36. The largest absolute Gasteiger partial charge is 0.493 e. The lowest BCUT2D eigenvalue weighted by Gasteiger charge is -2.13. The molecule has 0 aliphatic carbocycles. The van der Waals surface area contributed by atoms with E-state index in [4.69, 9.17) is 13.9 Å². The molecule has 0 unspecified atom stereocenters. The van der Waals surface area contributed by atoms with Gasteiger partial charge in [0.2, 0.25) is 0 Å². The van der Waals surface area contributed by atoms with Gasteiger partial charge in [-0.2, -0.15) is 5.10 Å². The summed E-state index contributed by atoms with van der Waals surface area (Å²) in [5.74, 6) is -1.05. The van der Waals surface area contributed by atoms with E-state index in [1.54, 1.807) is 12.1 Å². The Morgan fingerprint density at radius 1 is 1.16 bits per heavy atom. The van der Waals surface area contributed by atoms with Crippen molar-refractivity contribution < 1.29 is 32.8 Å². The van der Waals surface area contributed by atoms with E-state index in [0.717, 1.165) is 0 Å². The molecule has 0 saturated heterocycles. The van der Waals surface area contributed by atoms with E-state index >= 15 is 0 Å². The van der Waals surface area contributed by atoms with Crippen LogP contribution in [-0.2, 0) is 4.79 Å². The van der Waals surface area contributed by atoms with Crippen LogP contribution in [0, 0.1) is 15.9 Å². The van der Waals surface area contributed by atoms with Crippen LogP contribution in [0.3, 0.4) is 0 Å².